The number of benzene rings is 1. The second-order valence-electron chi connectivity index (χ2n) is 8.54. The van der Waals surface area contributed by atoms with Gasteiger partial charge in [-0.25, -0.2) is 9.50 Å². The number of carbonyl (C=O) groups excluding carboxylic acids is 1. The maximum absolute atomic E-state index is 13.2. The molecule has 1 amide bonds. The molecule has 1 atom stereocenters. The van der Waals surface area contributed by atoms with Crippen molar-refractivity contribution in [3.8, 4) is 11.6 Å². The van der Waals surface area contributed by atoms with E-state index in [2.05, 4.69) is 30.4 Å². The summed E-state index contributed by atoms with van der Waals surface area (Å²) >= 11 is 0. The molecule has 2 N–H and O–H groups in total. The Kier molecular flexibility index (Phi) is 5.97. The van der Waals surface area contributed by atoms with E-state index in [0.29, 0.717) is 11.4 Å². The first-order chi connectivity index (χ1) is 16.3. The van der Waals surface area contributed by atoms with Gasteiger partial charge in [-0.3, -0.25) is 4.79 Å². The number of hydrogen-bond donors (Lipinski definition) is 2. The maximum atomic E-state index is 13.2. The van der Waals surface area contributed by atoms with Crippen LogP contribution in [0, 0.1) is 13.8 Å². The Labute approximate surface area is 197 Å². The molecule has 1 aromatic carbocycles. The quantitative estimate of drug-likeness (QED) is 0.427. The Balaban J connectivity index is 1.66. The minimum Gasteiger partial charge on any atom is -0.406 e. The van der Waals surface area contributed by atoms with E-state index in [4.69, 9.17) is 0 Å². The summed E-state index contributed by atoms with van der Waals surface area (Å²) in [4.78, 5) is 17.8. The van der Waals surface area contributed by atoms with Crippen molar-refractivity contribution in [1.82, 2.24) is 34.9 Å². The molecule has 0 saturated carbocycles. The van der Waals surface area contributed by atoms with E-state index < -0.39 is 29.7 Å². The van der Waals surface area contributed by atoms with Crippen LogP contribution in [-0.2, 0) is 0 Å². The summed E-state index contributed by atoms with van der Waals surface area (Å²) in [5.41, 5.74) is 0.793. The van der Waals surface area contributed by atoms with Crippen LogP contribution in [-0.4, -0.2) is 52.6 Å². The maximum Gasteiger partial charge on any atom is 0.573 e. The molecule has 0 unspecified atom stereocenters. The summed E-state index contributed by atoms with van der Waals surface area (Å²) < 4.78 is 44.3. The Morgan fingerprint density at radius 1 is 1.14 bits per heavy atom. The molecule has 0 saturated heterocycles. The Morgan fingerprint density at radius 2 is 1.83 bits per heavy atom. The summed E-state index contributed by atoms with van der Waals surface area (Å²) in [6.07, 6.45) is -0.211. The third kappa shape index (κ3) is 5.09. The predicted octanol–water partition coefficient (Wildman–Crippen LogP) is 3.07. The van der Waals surface area contributed by atoms with Crippen LogP contribution in [0.25, 0.3) is 11.5 Å². The fraction of sp³-hybridized carbons (Fsp3) is 0.318. The van der Waals surface area contributed by atoms with Crippen LogP contribution in [0.5, 0.6) is 5.75 Å². The van der Waals surface area contributed by atoms with Crippen molar-refractivity contribution >= 4 is 11.6 Å². The number of halogens is 3. The molecular formula is C22H22F3N7O3. The Bertz CT molecular complexity index is 1370. The number of nitrogens with zero attached hydrogens (tertiary/aromatic N) is 6. The molecule has 10 nitrogen and oxygen atoms in total. The smallest absolute Gasteiger partial charge is 0.406 e. The number of carbonyl (C=O) groups is 1. The van der Waals surface area contributed by atoms with E-state index >= 15 is 0 Å². The third-order valence-electron chi connectivity index (χ3n) is 5.24. The summed E-state index contributed by atoms with van der Waals surface area (Å²) in [5, 5.41) is 25.5. The summed E-state index contributed by atoms with van der Waals surface area (Å²) in [6.45, 7) is 6.58. The number of ether oxygens (including phenoxy) is 1. The highest BCUT2D eigenvalue weighted by molar-refractivity contribution is 6.00. The van der Waals surface area contributed by atoms with E-state index in [1.54, 1.807) is 12.4 Å². The van der Waals surface area contributed by atoms with Crippen molar-refractivity contribution in [1.29, 1.82) is 0 Å². The third-order valence-corrected chi connectivity index (χ3v) is 5.24. The van der Waals surface area contributed by atoms with Crippen LogP contribution in [0.1, 0.15) is 47.1 Å². The molecule has 4 rings (SSSR count). The highest BCUT2D eigenvalue weighted by Crippen LogP contribution is 2.29. The van der Waals surface area contributed by atoms with Gasteiger partial charge in [0.15, 0.2) is 11.5 Å². The van der Waals surface area contributed by atoms with Gasteiger partial charge in [0.05, 0.1) is 29.7 Å². The van der Waals surface area contributed by atoms with Gasteiger partial charge < -0.3 is 15.2 Å². The number of amides is 1. The SMILES string of the molecule is Cc1cn2ncc(C(=O)N[C@@H](c3ccc(OC(F)(F)F)cc3)C(C)(C)O)c2nc1-n1nncc1C. The van der Waals surface area contributed by atoms with Crippen molar-refractivity contribution in [2.45, 2.75) is 45.7 Å². The zero-order valence-corrected chi connectivity index (χ0v) is 19.2. The Hall–Kier alpha value is -4.00. The zero-order valence-electron chi connectivity index (χ0n) is 19.2. The van der Waals surface area contributed by atoms with Crippen LogP contribution in [0.3, 0.4) is 0 Å². The van der Waals surface area contributed by atoms with Crippen LogP contribution in [0.4, 0.5) is 13.2 Å². The first kappa shape index (κ1) is 24.1. The number of aromatic nitrogens is 6. The molecular weight excluding hydrogens is 467 g/mol. The number of nitrogens with one attached hydrogen (secondary N) is 1. The van der Waals surface area contributed by atoms with Crippen LogP contribution < -0.4 is 10.1 Å². The number of aliphatic hydroxyl groups is 1. The molecule has 0 aliphatic rings. The molecule has 0 spiro atoms. The lowest BCUT2D eigenvalue weighted by atomic mass is 9.91. The van der Waals surface area contributed by atoms with Crippen LogP contribution in [0.15, 0.2) is 42.9 Å². The molecule has 4 aromatic rings. The van der Waals surface area contributed by atoms with Gasteiger partial charge in [0.25, 0.3) is 5.91 Å². The van der Waals surface area contributed by atoms with Crippen molar-refractivity contribution in [2.24, 2.45) is 0 Å². The molecule has 0 fully saturated rings. The second kappa shape index (κ2) is 8.65. The topological polar surface area (TPSA) is 119 Å². The fourth-order valence-corrected chi connectivity index (χ4v) is 3.60. The molecule has 3 aromatic heterocycles. The van der Waals surface area contributed by atoms with Gasteiger partial charge in [0.2, 0.25) is 0 Å². The summed E-state index contributed by atoms with van der Waals surface area (Å²) in [6, 6.07) is 3.94. The predicted molar refractivity (Wildman–Crippen MR) is 117 cm³/mol. The fourth-order valence-electron chi connectivity index (χ4n) is 3.60. The molecule has 0 radical (unpaired) electrons. The van der Waals surface area contributed by atoms with Gasteiger partial charge >= 0.3 is 6.36 Å². The summed E-state index contributed by atoms with van der Waals surface area (Å²) in [7, 11) is 0. The second-order valence-corrected chi connectivity index (χ2v) is 8.54. The molecule has 0 bridgehead atoms. The Morgan fingerprint density at radius 3 is 2.40 bits per heavy atom. The normalized spacial score (nSPS) is 13.1. The largest absolute Gasteiger partial charge is 0.573 e. The number of alkyl halides is 3. The van der Waals surface area contributed by atoms with Crippen LogP contribution >= 0.6 is 0 Å². The molecule has 3 heterocycles. The van der Waals surface area contributed by atoms with Crippen molar-refractivity contribution in [3.63, 3.8) is 0 Å². The first-order valence-electron chi connectivity index (χ1n) is 10.4. The molecule has 0 aliphatic heterocycles. The van der Waals surface area contributed by atoms with Crippen molar-refractivity contribution in [2.75, 3.05) is 0 Å². The van der Waals surface area contributed by atoms with E-state index in [9.17, 15) is 23.1 Å². The zero-order chi connectivity index (χ0) is 25.5. The number of hydrogen-bond acceptors (Lipinski definition) is 7. The van der Waals surface area contributed by atoms with Crippen molar-refractivity contribution < 1.29 is 27.8 Å². The van der Waals surface area contributed by atoms with Gasteiger partial charge in [0, 0.05) is 11.8 Å². The minimum atomic E-state index is -4.83. The van der Waals surface area contributed by atoms with E-state index in [0.717, 1.165) is 23.4 Å². The summed E-state index contributed by atoms with van der Waals surface area (Å²) in [5.74, 6) is -0.526. The lowest BCUT2D eigenvalue weighted by molar-refractivity contribution is -0.274. The van der Waals surface area contributed by atoms with E-state index in [1.807, 2.05) is 13.8 Å². The molecule has 35 heavy (non-hydrogen) atoms. The highest BCUT2D eigenvalue weighted by atomic mass is 19.4. The molecule has 0 aliphatic carbocycles. The number of aryl methyl sites for hydroxylation is 2. The van der Waals surface area contributed by atoms with E-state index in [-0.39, 0.29) is 11.2 Å². The minimum absolute atomic E-state index is 0.135. The molecule has 13 heteroatoms. The number of fused-ring (bicyclic) bond motifs is 1. The van der Waals surface area contributed by atoms with Gasteiger partial charge in [-0.15, -0.1) is 18.3 Å². The first-order valence-corrected chi connectivity index (χ1v) is 10.4. The average Bonchev–Trinajstić information content (AvgIpc) is 3.35. The van der Waals surface area contributed by atoms with Crippen molar-refractivity contribution in [3.05, 3.63) is 65.2 Å². The van der Waals surface area contributed by atoms with Gasteiger partial charge in [-0.2, -0.15) is 9.78 Å². The molecule has 184 valence electrons. The monoisotopic (exact) mass is 489 g/mol. The van der Waals surface area contributed by atoms with Gasteiger partial charge in [-0.05, 0) is 45.4 Å². The number of rotatable bonds is 6. The van der Waals surface area contributed by atoms with Crippen LogP contribution in [0.2, 0.25) is 0 Å². The van der Waals surface area contributed by atoms with Gasteiger partial charge in [-0.1, -0.05) is 17.3 Å². The average molecular weight is 489 g/mol. The lowest BCUT2D eigenvalue weighted by Gasteiger charge is -2.30. The lowest BCUT2D eigenvalue weighted by Crippen LogP contribution is -2.42. The van der Waals surface area contributed by atoms with E-state index in [1.165, 1.54) is 41.4 Å². The van der Waals surface area contributed by atoms with Gasteiger partial charge in [0.1, 0.15) is 11.3 Å². The standard InChI is InChI=1S/C22H22F3N7O3/c1-12-11-31-19(29-18(12)32-13(2)9-26-30-32)16(10-27-31)20(33)28-17(21(3,4)34)14-5-7-15(8-6-14)35-22(23,24)25/h5-11,17,34H,1-4H3,(H,28,33)/t17-/m0/s1. The highest BCUT2D eigenvalue weighted by Gasteiger charge is 2.33.